The molecule has 1 fully saturated rings. The summed E-state index contributed by atoms with van der Waals surface area (Å²) in [5.74, 6) is 1.06. The summed E-state index contributed by atoms with van der Waals surface area (Å²) >= 11 is 0. The number of aryl methyl sites for hydroxylation is 1. The van der Waals surface area contributed by atoms with Crippen LogP contribution >= 0.6 is 0 Å². The number of likely N-dealkylation sites (tertiary alicyclic amines) is 1. The zero-order chi connectivity index (χ0) is 18.5. The molecule has 1 atom stereocenters. The standard InChI is InChI=1S/C22H28N2O2/c1-17-7-4-5-8-19(17)16-24(22(25)21-9-6-14-23(21)2)15-18-10-12-20(26-3)13-11-18/h4-5,7-8,10-13,21H,6,9,14-16H2,1-3H3/t21-/m0/s1. The highest BCUT2D eigenvalue weighted by molar-refractivity contribution is 5.82. The van der Waals surface area contributed by atoms with Gasteiger partial charge in [0.25, 0.3) is 0 Å². The van der Waals surface area contributed by atoms with E-state index in [-0.39, 0.29) is 11.9 Å². The van der Waals surface area contributed by atoms with Crippen molar-refractivity contribution < 1.29 is 9.53 Å². The fraction of sp³-hybridized carbons (Fsp3) is 0.409. The van der Waals surface area contributed by atoms with Crippen molar-refractivity contribution in [3.05, 3.63) is 65.2 Å². The van der Waals surface area contributed by atoms with Crippen molar-refractivity contribution in [2.45, 2.75) is 38.9 Å². The number of likely N-dealkylation sites (N-methyl/N-ethyl adjacent to an activating group) is 1. The van der Waals surface area contributed by atoms with Gasteiger partial charge in [-0.25, -0.2) is 0 Å². The number of carbonyl (C=O) groups is 1. The predicted octanol–water partition coefficient (Wildman–Crippen LogP) is 3.63. The maximum atomic E-state index is 13.3. The summed E-state index contributed by atoms with van der Waals surface area (Å²) in [5.41, 5.74) is 3.54. The molecule has 2 aromatic carbocycles. The zero-order valence-electron chi connectivity index (χ0n) is 15.9. The first-order valence-electron chi connectivity index (χ1n) is 9.25. The van der Waals surface area contributed by atoms with E-state index in [4.69, 9.17) is 4.74 Å². The monoisotopic (exact) mass is 352 g/mol. The van der Waals surface area contributed by atoms with Crippen molar-refractivity contribution in [1.29, 1.82) is 0 Å². The third-order valence-electron chi connectivity index (χ3n) is 5.27. The molecule has 1 saturated heterocycles. The molecule has 1 amide bonds. The van der Waals surface area contributed by atoms with Crippen LogP contribution in [0.5, 0.6) is 5.75 Å². The maximum Gasteiger partial charge on any atom is 0.240 e. The number of methoxy groups -OCH3 is 1. The Balaban J connectivity index is 1.82. The van der Waals surface area contributed by atoms with Crippen LogP contribution in [0.25, 0.3) is 0 Å². The van der Waals surface area contributed by atoms with Crippen molar-refractivity contribution in [2.24, 2.45) is 0 Å². The lowest BCUT2D eigenvalue weighted by Gasteiger charge is -2.29. The first-order chi connectivity index (χ1) is 12.6. The van der Waals surface area contributed by atoms with E-state index in [2.05, 4.69) is 31.0 Å². The number of benzene rings is 2. The number of hydrogen-bond acceptors (Lipinski definition) is 3. The fourth-order valence-corrected chi connectivity index (χ4v) is 3.59. The van der Waals surface area contributed by atoms with Crippen LogP contribution in [0, 0.1) is 6.92 Å². The van der Waals surface area contributed by atoms with E-state index in [0.29, 0.717) is 13.1 Å². The van der Waals surface area contributed by atoms with E-state index in [1.165, 1.54) is 11.1 Å². The van der Waals surface area contributed by atoms with Gasteiger partial charge in [0.15, 0.2) is 0 Å². The summed E-state index contributed by atoms with van der Waals surface area (Å²) in [6, 6.07) is 16.3. The number of rotatable bonds is 6. The minimum absolute atomic E-state index is 0.00253. The minimum atomic E-state index is -0.00253. The number of nitrogens with zero attached hydrogens (tertiary/aromatic N) is 2. The lowest BCUT2D eigenvalue weighted by Crippen LogP contribution is -2.43. The van der Waals surface area contributed by atoms with Crippen molar-refractivity contribution in [1.82, 2.24) is 9.80 Å². The van der Waals surface area contributed by atoms with Crippen molar-refractivity contribution in [3.8, 4) is 5.75 Å². The molecule has 0 bridgehead atoms. The Morgan fingerprint density at radius 3 is 2.50 bits per heavy atom. The van der Waals surface area contributed by atoms with Crippen LogP contribution in [-0.4, -0.2) is 42.5 Å². The van der Waals surface area contributed by atoms with E-state index in [1.807, 2.05) is 41.3 Å². The summed E-state index contributed by atoms with van der Waals surface area (Å²) in [6.07, 6.45) is 2.04. The smallest absolute Gasteiger partial charge is 0.240 e. The lowest BCUT2D eigenvalue weighted by atomic mass is 10.1. The van der Waals surface area contributed by atoms with Gasteiger partial charge in [0.05, 0.1) is 13.2 Å². The molecule has 0 aliphatic carbocycles. The Morgan fingerprint density at radius 1 is 1.15 bits per heavy atom. The second-order valence-corrected chi connectivity index (χ2v) is 7.11. The summed E-state index contributed by atoms with van der Waals surface area (Å²) < 4.78 is 5.24. The Hall–Kier alpha value is -2.33. The molecule has 3 rings (SSSR count). The largest absolute Gasteiger partial charge is 0.497 e. The third-order valence-corrected chi connectivity index (χ3v) is 5.27. The molecule has 4 nitrogen and oxygen atoms in total. The second-order valence-electron chi connectivity index (χ2n) is 7.11. The van der Waals surface area contributed by atoms with Gasteiger partial charge in [0.2, 0.25) is 5.91 Å². The van der Waals surface area contributed by atoms with Crippen molar-refractivity contribution in [2.75, 3.05) is 20.7 Å². The highest BCUT2D eigenvalue weighted by Gasteiger charge is 2.31. The normalized spacial score (nSPS) is 17.3. The zero-order valence-corrected chi connectivity index (χ0v) is 15.9. The summed E-state index contributed by atoms with van der Waals surface area (Å²) in [4.78, 5) is 17.4. The van der Waals surface area contributed by atoms with Gasteiger partial charge < -0.3 is 9.64 Å². The molecular weight excluding hydrogens is 324 g/mol. The Labute approximate surface area is 156 Å². The molecule has 0 spiro atoms. The number of amides is 1. The summed E-state index contributed by atoms with van der Waals surface area (Å²) in [5, 5.41) is 0. The Kier molecular flexibility index (Phi) is 5.94. The molecule has 1 aliphatic rings. The topological polar surface area (TPSA) is 32.8 Å². The van der Waals surface area contributed by atoms with Crippen LogP contribution in [0.15, 0.2) is 48.5 Å². The molecule has 1 aliphatic heterocycles. The molecule has 26 heavy (non-hydrogen) atoms. The number of carbonyl (C=O) groups excluding carboxylic acids is 1. The second kappa shape index (κ2) is 8.37. The molecule has 2 aromatic rings. The van der Waals surface area contributed by atoms with Crippen molar-refractivity contribution in [3.63, 3.8) is 0 Å². The van der Waals surface area contributed by atoms with E-state index < -0.39 is 0 Å². The SMILES string of the molecule is COc1ccc(CN(Cc2ccccc2C)C(=O)[C@@H]2CCCN2C)cc1. The van der Waals surface area contributed by atoms with Crippen LogP contribution in [-0.2, 0) is 17.9 Å². The van der Waals surface area contributed by atoms with Gasteiger partial charge in [-0.15, -0.1) is 0 Å². The highest BCUT2D eigenvalue weighted by Crippen LogP contribution is 2.22. The Morgan fingerprint density at radius 2 is 1.88 bits per heavy atom. The van der Waals surface area contributed by atoms with Crippen LogP contribution < -0.4 is 4.74 Å². The molecule has 0 radical (unpaired) electrons. The molecule has 0 unspecified atom stereocenters. The number of ether oxygens (including phenoxy) is 1. The first-order valence-corrected chi connectivity index (χ1v) is 9.25. The van der Waals surface area contributed by atoms with Gasteiger partial charge in [0, 0.05) is 13.1 Å². The van der Waals surface area contributed by atoms with Crippen LogP contribution in [0.1, 0.15) is 29.5 Å². The molecule has 4 heteroatoms. The molecule has 1 heterocycles. The van der Waals surface area contributed by atoms with E-state index in [0.717, 1.165) is 30.7 Å². The average molecular weight is 352 g/mol. The third kappa shape index (κ3) is 4.25. The van der Waals surface area contributed by atoms with Gasteiger partial charge in [-0.2, -0.15) is 0 Å². The lowest BCUT2D eigenvalue weighted by molar-refractivity contribution is -0.136. The van der Waals surface area contributed by atoms with Crippen LogP contribution in [0.3, 0.4) is 0 Å². The molecule has 0 N–H and O–H groups in total. The average Bonchev–Trinajstić information content (AvgIpc) is 3.09. The minimum Gasteiger partial charge on any atom is -0.497 e. The molecule has 0 saturated carbocycles. The molecule has 0 aromatic heterocycles. The van der Waals surface area contributed by atoms with Gasteiger partial charge in [0.1, 0.15) is 5.75 Å². The van der Waals surface area contributed by atoms with Gasteiger partial charge in [-0.1, -0.05) is 36.4 Å². The first kappa shape index (κ1) is 18.5. The predicted molar refractivity (Wildman–Crippen MR) is 104 cm³/mol. The van der Waals surface area contributed by atoms with Crippen LogP contribution in [0.2, 0.25) is 0 Å². The molecule has 138 valence electrons. The summed E-state index contributed by atoms with van der Waals surface area (Å²) in [6.45, 7) is 4.35. The van der Waals surface area contributed by atoms with E-state index >= 15 is 0 Å². The number of hydrogen-bond donors (Lipinski definition) is 0. The molecular formula is C22H28N2O2. The van der Waals surface area contributed by atoms with E-state index in [1.54, 1.807) is 7.11 Å². The maximum absolute atomic E-state index is 13.3. The van der Waals surface area contributed by atoms with Crippen LogP contribution in [0.4, 0.5) is 0 Å². The van der Waals surface area contributed by atoms with Gasteiger partial charge in [-0.05, 0) is 62.2 Å². The van der Waals surface area contributed by atoms with Gasteiger partial charge in [-0.3, -0.25) is 9.69 Å². The summed E-state index contributed by atoms with van der Waals surface area (Å²) in [7, 11) is 3.72. The van der Waals surface area contributed by atoms with Crippen molar-refractivity contribution >= 4 is 5.91 Å². The highest BCUT2D eigenvalue weighted by atomic mass is 16.5. The quantitative estimate of drug-likeness (QED) is 0.796. The fourth-order valence-electron chi connectivity index (χ4n) is 3.59. The van der Waals surface area contributed by atoms with Gasteiger partial charge >= 0.3 is 0 Å². The Bertz CT molecular complexity index is 742. The van der Waals surface area contributed by atoms with E-state index in [9.17, 15) is 4.79 Å².